The fourth-order valence-electron chi connectivity index (χ4n) is 8.12. The zero-order chi connectivity index (χ0) is 50.7. The van der Waals surface area contributed by atoms with Gasteiger partial charge in [0.25, 0.3) is 5.91 Å². The first-order chi connectivity index (χ1) is 33.8. The molecule has 374 valence electrons. The maximum atomic E-state index is 14.7. The number of nitrogens with one attached hydrogen (secondary N) is 4. The van der Waals surface area contributed by atoms with Crippen molar-refractivity contribution in [1.82, 2.24) is 26.2 Å². The number of hydrogen-bond acceptors (Lipinski definition) is 12. The van der Waals surface area contributed by atoms with Crippen LogP contribution in [-0.4, -0.2) is 99.0 Å². The minimum atomic E-state index is -1.42. The van der Waals surface area contributed by atoms with E-state index in [4.69, 9.17) is 43.0 Å². The third kappa shape index (κ3) is 14.4. The summed E-state index contributed by atoms with van der Waals surface area (Å²) >= 11 is 6.73. The van der Waals surface area contributed by atoms with Crippen molar-refractivity contribution >= 4 is 41.1 Å². The number of halogens is 1. The molecule has 5 amide bonds. The molecule has 1 aliphatic rings. The molecule has 0 aliphatic carbocycles. The highest BCUT2D eigenvalue weighted by molar-refractivity contribution is 6.34. The Morgan fingerprint density at radius 3 is 2.11 bits per heavy atom. The number of nitriles is 1. The van der Waals surface area contributed by atoms with E-state index in [1.807, 2.05) is 12.1 Å². The van der Waals surface area contributed by atoms with Gasteiger partial charge in [-0.05, 0) is 116 Å². The van der Waals surface area contributed by atoms with Gasteiger partial charge in [-0.25, -0.2) is 0 Å². The summed E-state index contributed by atoms with van der Waals surface area (Å²) in [7, 11) is 1.41. The van der Waals surface area contributed by atoms with E-state index in [0.717, 1.165) is 38.5 Å². The summed E-state index contributed by atoms with van der Waals surface area (Å²) in [6.45, 7) is 6.10. The molecule has 0 radical (unpaired) electrons. The SMILES string of the molecule is CCCCc1ccc(Oc2ccc(C(=O)N[C@@H](CCN)C(=O)N(C)[C@@H]3C(=O)N[C@@H](C)C(=O)N[C@H](C(=O)NCC#N)Cc4ccc(OCCN)c(c4)-c4cc3ccc4OCCN)c(Cl)c2)cc1CCCC. The van der Waals surface area contributed by atoms with Gasteiger partial charge in [0, 0.05) is 43.8 Å². The lowest BCUT2D eigenvalue weighted by Crippen LogP contribution is -2.56. The van der Waals surface area contributed by atoms with Crippen LogP contribution in [0.3, 0.4) is 0 Å². The quantitative estimate of drug-likeness (QED) is 0.0514. The van der Waals surface area contributed by atoms with Gasteiger partial charge in [0.05, 0.1) is 16.7 Å². The molecule has 70 heavy (non-hydrogen) atoms. The van der Waals surface area contributed by atoms with E-state index in [9.17, 15) is 29.2 Å². The van der Waals surface area contributed by atoms with Gasteiger partial charge in [0.2, 0.25) is 23.6 Å². The largest absolute Gasteiger partial charge is 0.492 e. The third-order valence-electron chi connectivity index (χ3n) is 11.8. The minimum Gasteiger partial charge on any atom is -0.492 e. The van der Waals surface area contributed by atoms with Crippen molar-refractivity contribution in [3.63, 3.8) is 0 Å². The monoisotopic (exact) mass is 979 g/mol. The van der Waals surface area contributed by atoms with E-state index in [1.165, 1.54) is 42.1 Å². The molecule has 0 unspecified atom stereocenters. The maximum Gasteiger partial charge on any atom is 0.253 e. The zero-order valence-electron chi connectivity index (χ0n) is 40.4. The average molecular weight is 981 g/mol. The van der Waals surface area contributed by atoms with Crippen LogP contribution in [-0.2, 0) is 38.4 Å². The van der Waals surface area contributed by atoms with Crippen LogP contribution < -0.4 is 52.7 Å². The lowest BCUT2D eigenvalue weighted by atomic mass is 9.93. The lowest BCUT2D eigenvalue weighted by Gasteiger charge is -2.32. The van der Waals surface area contributed by atoms with Crippen molar-refractivity contribution in [2.75, 3.05) is 46.4 Å². The molecule has 0 spiro atoms. The van der Waals surface area contributed by atoms with Gasteiger partial charge in [0.1, 0.15) is 66.9 Å². The van der Waals surface area contributed by atoms with E-state index in [0.29, 0.717) is 45.3 Å². The third-order valence-corrected chi connectivity index (χ3v) is 12.1. The van der Waals surface area contributed by atoms with E-state index < -0.39 is 53.7 Å². The Hall–Kier alpha value is -6.71. The predicted molar refractivity (Wildman–Crippen MR) is 268 cm³/mol. The first kappa shape index (κ1) is 54.2. The minimum absolute atomic E-state index is 0.00262. The summed E-state index contributed by atoms with van der Waals surface area (Å²) in [5, 5.41) is 20.0. The van der Waals surface area contributed by atoms with Gasteiger partial charge in [0.15, 0.2) is 0 Å². The Bertz CT molecular complexity index is 2520. The second-order valence-corrected chi connectivity index (χ2v) is 17.5. The number of carbonyl (C=O) groups is 5. The van der Waals surface area contributed by atoms with Gasteiger partial charge < -0.3 is 57.6 Å². The Kier molecular flexibility index (Phi) is 20.8. The van der Waals surface area contributed by atoms with Crippen molar-refractivity contribution < 1.29 is 38.2 Å². The highest BCUT2D eigenvalue weighted by Gasteiger charge is 2.36. The molecule has 18 heteroatoms. The fourth-order valence-corrected chi connectivity index (χ4v) is 8.38. The van der Waals surface area contributed by atoms with Gasteiger partial charge in [-0.3, -0.25) is 24.0 Å². The number of unbranched alkanes of at least 4 members (excludes halogenated alkanes) is 2. The predicted octanol–water partition coefficient (Wildman–Crippen LogP) is 4.99. The second kappa shape index (κ2) is 26.9. The molecule has 4 aromatic carbocycles. The number of nitrogens with zero attached hydrogens (tertiary/aromatic N) is 2. The first-order valence-electron chi connectivity index (χ1n) is 23.8. The molecular weight excluding hydrogens is 914 g/mol. The molecule has 0 fully saturated rings. The average Bonchev–Trinajstić information content (AvgIpc) is 3.35. The van der Waals surface area contributed by atoms with Crippen LogP contribution in [0.15, 0.2) is 72.8 Å². The number of rotatable bonds is 22. The highest BCUT2D eigenvalue weighted by Crippen LogP contribution is 2.40. The molecule has 17 nitrogen and oxygen atoms in total. The normalized spacial score (nSPS) is 16.1. The number of hydrogen-bond donors (Lipinski definition) is 7. The Balaban J connectivity index is 1.50. The van der Waals surface area contributed by atoms with Gasteiger partial charge in [-0.2, -0.15) is 5.26 Å². The number of benzene rings is 4. The number of aryl methyl sites for hydroxylation is 2. The van der Waals surface area contributed by atoms with Crippen LogP contribution in [0, 0.1) is 11.3 Å². The van der Waals surface area contributed by atoms with E-state index in [2.05, 4.69) is 47.2 Å². The topological polar surface area (TPSA) is 266 Å². The van der Waals surface area contributed by atoms with Crippen LogP contribution in [0.4, 0.5) is 0 Å². The molecule has 0 saturated heterocycles. The van der Waals surface area contributed by atoms with Crippen molar-refractivity contribution in [3.8, 4) is 40.2 Å². The van der Waals surface area contributed by atoms with Gasteiger partial charge in [-0.15, -0.1) is 0 Å². The smallest absolute Gasteiger partial charge is 0.253 e. The zero-order valence-corrected chi connectivity index (χ0v) is 41.2. The summed E-state index contributed by atoms with van der Waals surface area (Å²) in [6.07, 6.45) is 6.24. The molecule has 0 saturated carbocycles. The molecule has 4 aromatic rings. The van der Waals surface area contributed by atoms with E-state index >= 15 is 0 Å². The number of amides is 5. The van der Waals surface area contributed by atoms with Crippen LogP contribution in [0.5, 0.6) is 23.0 Å². The highest BCUT2D eigenvalue weighted by atomic mass is 35.5. The molecule has 4 atom stereocenters. The van der Waals surface area contributed by atoms with Crippen molar-refractivity contribution in [1.29, 1.82) is 5.26 Å². The summed E-state index contributed by atoms with van der Waals surface area (Å²) in [5.41, 5.74) is 22.2. The molecule has 10 N–H and O–H groups in total. The van der Waals surface area contributed by atoms with Crippen LogP contribution in [0.2, 0.25) is 5.02 Å². The number of carbonyl (C=O) groups excluding carboxylic acids is 5. The van der Waals surface area contributed by atoms with Crippen molar-refractivity contribution in [2.24, 2.45) is 17.2 Å². The number of likely N-dealkylation sites (N-methyl/N-ethyl adjacent to an activating group) is 1. The molecule has 5 rings (SSSR count). The maximum absolute atomic E-state index is 14.7. The summed E-state index contributed by atoms with van der Waals surface area (Å²) < 4.78 is 18.4. The second-order valence-electron chi connectivity index (χ2n) is 17.1. The van der Waals surface area contributed by atoms with E-state index in [1.54, 1.807) is 42.5 Å². The fraction of sp³-hybridized carbons (Fsp3) is 0.423. The van der Waals surface area contributed by atoms with Crippen molar-refractivity contribution in [3.05, 3.63) is 106 Å². The molecule has 1 heterocycles. The summed E-state index contributed by atoms with van der Waals surface area (Å²) in [6, 6.07) is 17.7. The lowest BCUT2D eigenvalue weighted by molar-refractivity contribution is -0.141. The molecular formula is C52H66ClN9O8. The van der Waals surface area contributed by atoms with Crippen LogP contribution in [0.25, 0.3) is 11.1 Å². The number of ether oxygens (including phenoxy) is 3. The van der Waals surface area contributed by atoms with Crippen LogP contribution >= 0.6 is 11.6 Å². The Morgan fingerprint density at radius 2 is 1.47 bits per heavy atom. The number of nitrogens with two attached hydrogens (primary N) is 3. The van der Waals surface area contributed by atoms with Gasteiger partial charge >= 0.3 is 0 Å². The Morgan fingerprint density at radius 1 is 0.829 bits per heavy atom. The first-order valence-corrected chi connectivity index (χ1v) is 24.2. The molecule has 4 bridgehead atoms. The van der Waals surface area contributed by atoms with Crippen molar-refractivity contribution in [2.45, 2.75) is 96.3 Å². The van der Waals surface area contributed by atoms with Crippen LogP contribution in [0.1, 0.15) is 91.5 Å². The van der Waals surface area contributed by atoms with Gasteiger partial charge in [-0.1, -0.05) is 56.5 Å². The number of fused-ring (bicyclic) bond motifs is 5. The standard InChI is InChI=1S/C52H66ClN9O8/c1-5-7-9-34-12-14-37(29-35(34)10-8-6-2)70-38-15-16-39(42(53)31-38)49(64)60-43(19-20-54)52(67)62(4)47-36-13-18-46(69-26-23-57)41(30-36)40-27-33(11-17-45(40)68-25-22-56)28-44(50(65)58-24-21-55)61-48(63)32(3)59-51(47)66/h11-18,27,29-32,43-44,47H,5-10,19-20,22-26,28,54,56-57H2,1-4H3,(H,58,65)(H,59,66)(H,60,64)(H,61,63)/t32-,43-,44-,47-/m0/s1. The molecule has 1 aliphatic heterocycles. The Labute approximate surface area is 415 Å². The van der Waals surface area contributed by atoms with E-state index in [-0.39, 0.29) is 62.8 Å². The summed E-state index contributed by atoms with van der Waals surface area (Å²) in [4.78, 5) is 71.6. The molecule has 0 aromatic heterocycles. The summed E-state index contributed by atoms with van der Waals surface area (Å²) in [5.74, 6) is -1.61.